The summed E-state index contributed by atoms with van der Waals surface area (Å²) in [6.07, 6.45) is 5.45. The molecule has 0 spiro atoms. The summed E-state index contributed by atoms with van der Waals surface area (Å²) in [4.78, 5) is 3.22. The zero-order valence-corrected chi connectivity index (χ0v) is 12.2. The Hall–Kier alpha value is -1.77. The molecule has 3 rings (SSSR count). The van der Waals surface area contributed by atoms with Gasteiger partial charge in [-0.3, -0.25) is 0 Å². The van der Waals surface area contributed by atoms with E-state index in [0.29, 0.717) is 18.3 Å². The van der Waals surface area contributed by atoms with Crippen LogP contribution in [0.15, 0.2) is 35.5 Å². The summed E-state index contributed by atoms with van der Waals surface area (Å²) in [6, 6.07) is 5.67. The van der Waals surface area contributed by atoms with Crippen LogP contribution in [0.5, 0.6) is 0 Å². The van der Waals surface area contributed by atoms with Gasteiger partial charge >= 0.3 is 0 Å². The minimum absolute atomic E-state index is 0.122. The molecule has 0 atom stereocenters. The quantitative estimate of drug-likeness (QED) is 0.693. The number of hydrogen-bond donors (Lipinski definition) is 3. The van der Waals surface area contributed by atoms with Crippen molar-refractivity contribution in [2.75, 3.05) is 0 Å². The van der Waals surface area contributed by atoms with Gasteiger partial charge in [-0.25, -0.2) is 13.1 Å². The normalized spacial score (nSPS) is 15.2. The van der Waals surface area contributed by atoms with Crippen LogP contribution >= 0.6 is 0 Å². The number of aromatic nitrogens is 3. The lowest BCUT2D eigenvalue weighted by Crippen LogP contribution is -2.23. The SMILES string of the molecule is O=S(=O)(NCc1cccnn1)c1c[nH]c(CNC2CC2)c1. The molecule has 8 heteroatoms. The van der Waals surface area contributed by atoms with Crippen molar-refractivity contribution in [2.45, 2.75) is 36.9 Å². The van der Waals surface area contributed by atoms with E-state index in [1.807, 2.05) is 0 Å². The van der Waals surface area contributed by atoms with Gasteiger partial charge in [0, 0.05) is 30.7 Å². The van der Waals surface area contributed by atoms with Crippen LogP contribution in [0.3, 0.4) is 0 Å². The van der Waals surface area contributed by atoms with E-state index in [1.165, 1.54) is 19.0 Å². The third-order valence-electron chi connectivity index (χ3n) is 3.26. The Balaban J connectivity index is 1.61. The van der Waals surface area contributed by atoms with Gasteiger partial charge in [-0.15, -0.1) is 0 Å². The molecule has 7 nitrogen and oxygen atoms in total. The van der Waals surface area contributed by atoms with E-state index in [9.17, 15) is 8.42 Å². The summed E-state index contributed by atoms with van der Waals surface area (Å²) in [6.45, 7) is 0.779. The van der Waals surface area contributed by atoms with E-state index in [-0.39, 0.29) is 11.4 Å². The molecule has 2 aromatic rings. The average Bonchev–Trinajstić information content (AvgIpc) is 3.20. The summed E-state index contributed by atoms with van der Waals surface area (Å²) in [5.74, 6) is 0. The van der Waals surface area contributed by atoms with Gasteiger partial charge in [0.05, 0.1) is 17.1 Å². The Morgan fingerprint density at radius 2 is 2.19 bits per heavy atom. The van der Waals surface area contributed by atoms with Crippen molar-refractivity contribution < 1.29 is 8.42 Å². The molecule has 3 N–H and O–H groups in total. The lowest BCUT2D eigenvalue weighted by Gasteiger charge is -2.03. The smallest absolute Gasteiger partial charge is 0.242 e. The summed E-state index contributed by atoms with van der Waals surface area (Å²) < 4.78 is 26.9. The highest BCUT2D eigenvalue weighted by molar-refractivity contribution is 7.89. The highest BCUT2D eigenvalue weighted by Crippen LogP contribution is 2.19. The molecule has 1 aliphatic carbocycles. The minimum Gasteiger partial charge on any atom is -0.363 e. The van der Waals surface area contributed by atoms with Crippen molar-refractivity contribution in [2.24, 2.45) is 0 Å². The number of hydrogen-bond acceptors (Lipinski definition) is 5. The second-order valence-electron chi connectivity index (χ2n) is 5.06. The zero-order chi connectivity index (χ0) is 14.7. The fourth-order valence-corrected chi connectivity index (χ4v) is 2.91. The Labute approximate surface area is 123 Å². The third kappa shape index (κ3) is 3.87. The average molecular weight is 307 g/mol. The van der Waals surface area contributed by atoms with Crippen LogP contribution < -0.4 is 10.0 Å². The lowest BCUT2D eigenvalue weighted by molar-refractivity contribution is 0.580. The summed E-state index contributed by atoms with van der Waals surface area (Å²) >= 11 is 0. The van der Waals surface area contributed by atoms with Crippen molar-refractivity contribution in [1.29, 1.82) is 0 Å². The largest absolute Gasteiger partial charge is 0.363 e. The van der Waals surface area contributed by atoms with Gasteiger partial charge in [-0.05, 0) is 31.0 Å². The predicted molar refractivity (Wildman–Crippen MR) is 76.7 cm³/mol. The Kier molecular flexibility index (Phi) is 4.00. The van der Waals surface area contributed by atoms with Crippen LogP contribution in [0.4, 0.5) is 0 Å². The molecule has 2 heterocycles. The molecule has 0 bridgehead atoms. The fraction of sp³-hybridized carbons (Fsp3) is 0.385. The Bertz CT molecular complexity index is 694. The van der Waals surface area contributed by atoms with Gasteiger partial charge in [0.2, 0.25) is 10.0 Å². The molecule has 0 aliphatic heterocycles. The maximum absolute atomic E-state index is 12.2. The monoisotopic (exact) mass is 307 g/mol. The topological polar surface area (TPSA) is 99.8 Å². The first-order valence-corrected chi connectivity index (χ1v) is 8.29. The second-order valence-corrected chi connectivity index (χ2v) is 6.82. The molecule has 21 heavy (non-hydrogen) atoms. The Morgan fingerprint density at radius 1 is 1.33 bits per heavy atom. The van der Waals surface area contributed by atoms with Crippen LogP contribution in [0, 0.1) is 0 Å². The molecule has 1 fully saturated rings. The van der Waals surface area contributed by atoms with Crippen molar-refractivity contribution in [1.82, 2.24) is 25.2 Å². The molecule has 2 aromatic heterocycles. The number of rotatable bonds is 7. The van der Waals surface area contributed by atoms with E-state index >= 15 is 0 Å². The minimum atomic E-state index is -3.54. The fourth-order valence-electron chi connectivity index (χ4n) is 1.90. The maximum atomic E-state index is 12.2. The first-order valence-electron chi connectivity index (χ1n) is 6.80. The van der Waals surface area contributed by atoms with Crippen molar-refractivity contribution >= 4 is 10.0 Å². The Morgan fingerprint density at radius 3 is 2.90 bits per heavy atom. The van der Waals surface area contributed by atoms with E-state index < -0.39 is 10.0 Å². The molecular formula is C13H17N5O2S. The standard InChI is InChI=1S/C13H17N5O2S/c19-21(20,17-8-11-2-1-5-16-18-11)13-6-12(15-9-13)7-14-10-3-4-10/h1-2,5-6,9-10,14-15,17H,3-4,7-8H2. The number of H-pyrrole nitrogens is 1. The van der Waals surface area contributed by atoms with Crippen LogP contribution in [-0.2, 0) is 23.1 Å². The predicted octanol–water partition coefficient (Wildman–Crippen LogP) is 0.535. The van der Waals surface area contributed by atoms with E-state index in [0.717, 1.165) is 5.69 Å². The van der Waals surface area contributed by atoms with Crippen molar-refractivity contribution in [3.8, 4) is 0 Å². The van der Waals surface area contributed by atoms with Gasteiger partial charge in [0.15, 0.2) is 0 Å². The van der Waals surface area contributed by atoms with E-state index in [4.69, 9.17) is 0 Å². The van der Waals surface area contributed by atoms with E-state index in [1.54, 1.807) is 24.4 Å². The molecule has 0 aromatic carbocycles. The second kappa shape index (κ2) is 5.92. The van der Waals surface area contributed by atoms with Crippen molar-refractivity contribution in [3.05, 3.63) is 42.0 Å². The van der Waals surface area contributed by atoms with Gasteiger partial charge in [0.1, 0.15) is 0 Å². The van der Waals surface area contributed by atoms with Gasteiger partial charge in [0.25, 0.3) is 0 Å². The summed E-state index contributed by atoms with van der Waals surface area (Å²) in [5.41, 5.74) is 1.44. The summed E-state index contributed by atoms with van der Waals surface area (Å²) in [7, 11) is -3.54. The number of nitrogens with one attached hydrogen (secondary N) is 3. The highest BCUT2D eigenvalue weighted by atomic mass is 32.2. The van der Waals surface area contributed by atoms with Crippen LogP contribution in [0.25, 0.3) is 0 Å². The number of sulfonamides is 1. The van der Waals surface area contributed by atoms with Gasteiger partial charge in [-0.1, -0.05) is 0 Å². The third-order valence-corrected chi connectivity index (χ3v) is 4.64. The lowest BCUT2D eigenvalue weighted by atomic mass is 10.4. The highest BCUT2D eigenvalue weighted by Gasteiger charge is 2.21. The van der Waals surface area contributed by atoms with Crippen LogP contribution in [0.2, 0.25) is 0 Å². The zero-order valence-electron chi connectivity index (χ0n) is 11.4. The molecule has 0 unspecified atom stereocenters. The molecule has 1 aliphatic rings. The first kappa shape index (κ1) is 14.2. The maximum Gasteiger partial charge on any atom is 0.242 e. The molecule has 0 radical (unpaired) electrons. The molecule has 1 saturated carbocycles. The van der Waals surface area contributed by atoms with Gasteiger partial charge in [-0.2, -0.15) is 10.2 Å². The molecule has 112 valence electrons. The molecule has 0 saturated heterocycles. The molecular weight excluding hydrogens is 290 g/mol. The van der Waals surface area contributed by atoms with Crippen LogP contribution in [0.1, 0.15) is 24.2 Å². The van der Waals surface area contributed by atoms with Gasteiger partial charge < -0.3 is 10.3 Å². The first-order chi connectivity index (χ1) is 10.1. The number of aromatic amines is 1. The van der Waals surface area contributed by atoms with Crippen molar-refractivity contribution in [3.63, 3.8) is 0 Å². The summed E-state index contributed by atoms with van der Waals surface area (Å²) in [5, 5.41) is 10.9. The number of nitrogens with zero attached hydrogens (tertiary/aromatic N) is 2. The molecule has 0 amide bonds. The van der Waals surface area contributed by atoms with Crippen LogP contribution in [-0.4, -0.2) is 29.6 Å². The van der Waals surface area contributed by atoms with E-state index in [2.05, 4.69) is 25.2 Å².